The molecule has 0 saturated heterocycles. The molecule has 2 aromatic heterocycles. The summed E-state index contributed by atoms with van der Waals surface area (Å²) in [6.45, 7) is 20.8. The smallest absolute Gasteiger partial charge is 0.180 e. The first-order valence-electron chi connectivity index (χ1n) is 8.12. The molecule has 3 heteroatoms. The van der Waals surface area contributed by atoms with Crippen LogP contribution in [0.3, 0.4) is 0 Å². The van der Waals surface area contributed by atoms with E-state index in [0.29, 0.717) is 0 Å². The lowest BCUT2D eigenvalue weighted by Crippen LogP contribution is -2.10. The predicted octanol–water partition coefficient (Wildman–Crippen LogP) is 6.60. The molecule has 128 valence electrons. The van der Waals surface area contributed by atoms with Crippen molar-refractivity contribution in [2.75, 3.05) is 0 Å². The SMILES string of the molecule is CC.CC.CC(C)(C)c1ccoc1.CC(C)(C)c1cocn1. The summed E-state index contributed by atoms with van der Waals surface area (Å²) in [6, 6.07) is 2.00. The topological polar surface area (TPSA) is 39.2 Å². The Morgan fingerprint density at radius 2 is 1.32 bits per heavy atom. The van der Waals surface area contributed by atoms with Crippen molar-refractivity contribution < 1.29 is 8.83 Å². The van der Waals surface area contributed by atoms with Crippen LogP contribution in [0, 0.1) is 0 Å². The van der Waals surface area contributed by atoms with Crippen LogP contribution in [0.15, 0.2) is 40.1 Å². The zero-order valence-electron chi connectivity index (χ0n) is 16.2. The molecule has 3 nitrogen and oxygen atoms in total. The quantitative estimate of drug-likeness (QED) is 0.550. The van der Waals surface area contributed by atoms with Gasteiger partial charge in [0, 0.05) is 5.41 Å². The van der Waals surface area contributed by atoms with Crippen molar-refractivity contribution in [1.82, 2.24) is 4.98 Å². The van der Waals surface area contributed by atoms with E-state index >= 15 is 0 Å². The Morgan fingerprint density at radius 3 is 1.50 bits per heavy atom. The summed E-state index contributed by atoms with van der Waals surface area (Å²) in [5.41, 5.74) is 2.60. The molecule has 2 aromatic rings. The molecule has 2 rings (SSSR count). The summed E-state index contributed by atoms with van der Waals surface area (Å²) >= 11 is 0. The van der Waals surface area contributed by atoms with Crippen LogP contribution in [-0.4, -0.2) is 4.98 Å². The Hall–Kier alpha value is -1.51. The highest BCUT2D eigenvalue weighted by Gasteiger charge is 2.15. The van der Waals surface area contributed by atoms with Gasteiger partial charge in [0.25, 0.3) is 0 Å². The van der Waals surface area contributed by atoms with E-state index in [1.165, 1.54) is 12.0 Å². The number of oxazole rings is 1. The molecule has 0 amide bonds. The third-order valence-corrected chi connectivity index (χ3v) is 2.59. The number of aromatic nitrogens is 1. The number of nitrogens with zero attached hydrogens (tertiary/aromatic N) is 1. The fraction of sp³-hybridized carbons (Fsp3) is 0.632. The predicted molar refractivity (Wildman–Crippen MR) is 95.3 cm³/mol. The normalized spacial score (nSPS) is 10.3. The molecule has 0 unspecified atom stereocenters. The summed E-state index contributed by atoms with van der Waals surface area (Å²) in [6.07, 6.45) is 6.64. The van der Waals surface area contributed by atoms with Gasteiger partial charge in [-0.15, -0.1) is 0 Å². The van der Waals surface area contributed by atoms with E-state index in [9.17, 15) is 0 Å². The van der Waals surface area contributed by atoms with Crippen LogP contribution in [0.1, 0.15) is 80.5 Å². The van der Waals surface area contributed by atoms with E-state index in [-0.39, 0.29) is 10.8 Å². The fourth-order valence-corrected chi connectivity index (χ4v) is 1.27. The average Bonchev–Trinajstić information content (AvgIpc) is 3.16. The molecule has 0 saturated carbocycles. The fourth-order valence-electron chi connectivity index (χ4n) is 1.27. The number of rotatable bonds is 0. The Bertz CT molecular complexity index is 384. The summed E-state index contributed by atoms with van der Waals surface area (Å²) in [5, 5.41) is 0. The van der Waals surface area contributed by atoms with Gasteiger partial charge in [-0.3, -0.25) is 0 Å². The molecule has 0 aliphatic rings. The molecule has 0 aliphatic heterocycles. The molecular formula is C19H35NO2. The zero-order chi connectivity index (χ0) is 17.8. The second kappa shape index (κ2) is 11.1. The van der Waals surface area contributed by atoms with Crippen LogP contribution < -0.4 is 0 Å². The van der Waals surface area contributed by atoms with Crippen LogP contribution in [0.5, 0.6) is 0 Å². The Kier molecular flexibility index (Phi) is 11.5. The monoisotopic (exact) mass is 309 g/mol. The Balaban J connectivity index is 0. The molecule has 0 atom stereocenters. The molecule has 0 spiro atoms. The van der Waals surface area contributed by atoms with Gasteiger partial charge >= 0.3 is 0 Å². The van der Waals surface area contributed by atoms with Crippen LogP contribution >= 0.6 is 0 Å². The largest absolute Gasteiger partial charge is 0.472 e. The highest BCUT2D eigenvalue weighted by molar-refractivity contribution is 5.15. The van der Waals surface area contributed by atoms with Crippen molar-refractivity contribution in [3.63, 3.8) is 0 Å². The first-order chi connectivity index (χ1) is 10.2. The van der Waals surface area contributed by atoms with E-state index in [1.54, 1.807) is 18.8 Å². The van der Waals surface area contributed by atoms with Crippen molar-refractivity contribution in [2.45, 2.75) is 80.1 Å². The van der Waals surface area contributed by atoms with E-state index in [2.05, 4.69) is 46.5 Å². The highest BCUT2D eigenvalue weighted by atomic mass is 16.3. The minimum atomic E-state index is 0.118. The van der Waals surface area contributed by atoms with Gasteiger partial charge in [-0.25, -0.2) is 4.98 Å². The maximum Gasteiger partial charge on any atom is 0.180 e. The first kappa shape index (κ1) is 22.8. The lowest BCUT2D eigenvalue weighted by Gasteiger charge is -2.14. The molecular weight excluding hydrogens is 274 g/mol. The maximum absolute atomic E-state index is 4.94. The summed E-state index contributed by atoms with van der Waals surface area (Å²) < 4.78 is 9.77. The van der Waals surface area contributed by atoms with Crippen molar-refractivity contribution in [1.29, 1.82) is 0 Å². The third kappa shape index (κ3) is 9.43. The molecule has 22 heavy (non-hydrogen) atoms. The van der Waals surface area contributed by atoms with Gasteiger partial charge in [-0.2, -0.15) is 0 Å². The zero-order valence-corrected chi connectivity index (χ0v) is 16.2. The summed E-state index contributed by atoms with van der Waals surface area (Å²) in [4.78, 5) is 4.02. The minimum absolute atomic E-state index is 0.118. The maximum atomic E-state index is 4.94. The van der Waals surface area contributed by atoms with Crippen LogP contribution in [0.4, 0.5) is 0 Å². The lowest BCUT2D eigenvalue weighted by atomic mass is 9.89. The van der Waals surface area contributed by atoms with Gasteiger partial charge in [0.15, 0.2) is 6.39 Å². The number of furan rings is 1. The van der Waals surface area contributed by atoms with Gasteiger partial charge in [-0.1, -0.05) is 69.2 Å². The van der Waals surface area contributed by atoms with Crippen LogP contribution in [-0.2, 0) is 10.8 Å². The molecule has 0 N–H and O–H groups in total. The van der Waals surface area contributed by atoms with E-state index in [4.69, 9.17) is 8.83 Å². The van der Waals surface area contributed by atoms with E-state index in [1.807, 2.05) is 33.8 Å². The first-order valence-corrected chi connectivity index (χ1v) is 8.12. The van der Waals surface area contributed by atoms with Crippen molar-refractivity contribution in [3.8, 4) is 0 Å². The molecule has 0 aliphatic carbocycles. The molecule has 0 radical (unpaired) electrons. The number of hydrogen-bond acceptors (Lipinski definition) is 3. The second-order valence-corrected chi connectivity index (χ2v) is 6.39. The minimum Gasteiger partial charge on any atom is -0.472 e. The van der Waals surface area contributed by atoms with E-state index in [0.717, 1.165) is 5.69 Å². The van der Waals surface area contributed by atoms with Gasteiger partial charge < -0.3 is 8.83 Å². The van der Waals surface area contributed by atoms with Crippen LogP contribution in [0.25, 0.3) is 0 Å². The molecule has 0 bridgehead atoms. The van der Waals surface area contributed by atoms with Crippen molar-refractivity contribution in [3.05, 3.63) is 42.5 Å². The lowest BCUT2D eigenvalue weighted by molar-refractivity contribution is 0.536. The van der Waals surface area contributed by atoms with E-state index < -0.39 is 0 Å². The Labute approximate surface area is 137 Å². The van der Waals surface area contributed by atoms with Crippen LogP contribution in [0.2, 0.25) is 0 Å². The molecule has 0 aromatic carbocycles. The van der Waals surface area contributed by atoms with Gasteiger partial charge in [0.05, 0.1) is 18.2 Å². The Morgan fingerprint density at radius 1 is 0.773 bits per heavy atom. The van der Waals surface area contributed by atoms with Gasteiger partial charge in [-0.05, 0) is 17.0 Å². The van der Waals surface area contributed by atoms with Crippen molar-refractivity contribution >= 4 is 0 Å². The average molecular weight is 309 g/mol. The standard InChI is InChI=1S/C8H12O.C7H11NO.2C2H6/c1-8(2,3)7-4-5-9-6-7;1-7(2,3)6-4-9-5-8-6;2*1-2/h4-6H,1-3H3;4-5H,1-3H3;2*1-2H3. The summed E-state index contributed by atoms with van der Waals surface area (Å²) in [7, 11) is 0. The highest BCUT2D eigenvalue weighted by Crippen LogP contribution is 2.21. The third-order valence-electron chi connectivity index (χ3n) is 2.59. The molecule has 0 fully saturated rings. The van der Waals surface area contributed by atoms with Gasteiger partial charge in [0.1, 0.15) is 6.26 Å². The molecule has 2 heterocycles. The van der Waals surface area contributed by atoms with Crippen molar-refractivity contribution in [2.24, 2.45) is 0 Å². The number of hydrogen-bond donors (Lipinski definition) is 0. The van der Waals surface area contributed by atoms with Gasteiger partial charge in [0.2, 0.25) is 0 Å². The summed E-state index contributed by atoms with van der Waals surface area (Å²) in [5.74, 6) is 0. The second-order valence-electron chi connectivity index (χ2n) is 6.39.